The van der Waals surface area contributed by atoms with Crippen LogP contribution in [-0.2, 0) is 4.74 Å². The minimum absolute atomic E-state index is 0.0513. The van der Waals surface area contributed by atoms with E-state index in [9.17, 15) is 13.2 Å². The first-order valence-corrected chi connectivity index (χ1v) is 9.13. The molecule has 2 aromatic heterocycles. The molecule has 0 radical (unpaired) electrons. The van der Waals surface area contributed by atoms with Gasteiger partial charge in [0.05, 0.1) is 36.0 Å². The van der Waals surface area contributed by atoms with Gasteiger partial charge in [0.15, 0.2) is 0 Å². The Morgan fingerprint density at radius 2 is 1.93 bits per heavy atom. The van der Waals surface area contributed by atoms with E-state index in [0.717, 1.165) is 11.1 Å². The Balaban J connectivity index is 2.10. The van der Waals surface area contributed by atoms with Crippen LogP contribution in [0.4, 0.5) is 13.2 Å². The predicted molar refractivity (Wildman–Crippen MR) is 105 cm³/mol. The van der Waals surface area contributed by atoms with Gasteiger partial charge in [0.1, 0.15) is 17.0 Å². The number of benzene rings is 1. The molecule has 0 amide bonds. The summed E-state index contributed by atoms with van der Waals surface area (Å²) in [4.78, 5) is 4.68. The summed E-state index contributed by atoms with van der Waals surface area (Å²) in [5, 5.41) is 0.472. The lowest BCUT2D eigenvalue weighted by Gasteiger charge is -2.16. The summed E-state index contributed by atoms with van der Waals surface area (Å²) < 4.78 is 54.0. The van der Waals surface area contributed by atoms with Gasteiger partial charge in [0, 0.05) is 24.9 Å². The van der Waals surface area contributed by atoms with Crippen molar-refractivity contribution in [3.05, 3.63) is 41.0 Å². The fourth-order valence-electron chi connectivity index (χ4n) is 3.25. The van der Waals surface area contributed by atoms with Crippen LogP contribution < -0.4 is 9.47 Å². The smallest absolute Gasteiger partial charge is 0.496 e. The first kappa shape index (κ1) is 21.3. The molecule has 1 atom stereocenters. The van der Waals surface area contributed by atoms with Crippen LogP contribution in [0.5, 0.6) is 11.5 Å². The summed E-state index contributed by atoms with van der Waals surface area (Å²) in [6.45, 7) is 4.38. The zero-order valence-electron chi connectivity index (χ0n) is 16.3. The average molecular weight is 429 g/mol. The maximum absolute atomic E-state index is 12.5. The van der Waals surface area contributed by atoms with E-state index in [0.29, 0.717) is 28.4 Å². The molecule has 1 aromatic carbocycles. The first-order chi connectivity index (χ1) is 13.6. The van der Waals surface area contributed by atoms with Crippen molar-refractivity contribution in [3.63, 3.8) is 0 Å². The zero-order valence-corrected chi connectivity index (χ0v) is 17.1. The maximum Gasteiger partial charge on any atom is 0.573 e. The molecular weight excluding hydrogens is 409 g/mol. The van der Waals surface area contributed by atoms with Gasteiger partial charge in [-0.2, -0.15) is 0 Å². The second kappa shape index (κ2) is 8.12. The number of hydrogen-bond acceptors (Lipinski definition) is 4. The normalized spacial score (nSPS) is 13.0. The monoisotopic (exact) mass is 428 g/mol. The summed E-state index contributed by atoms with van der Waals surface area (Å²) in [5.41, 5.74) is 3.35. The summed E-state index contributed by atoms with van der Waals surface area (Å²) in [6.07, 6.45) is -2.99. The molecule has 0 spiro atoms. The van der Waals surface area contributed by atoms with Crippen LogP contribution in [0.2, 0.25) is 5.02 Å². The first-order valence-electron chi connectivity index (χ1n) is 8.75. The van der Waals surface area contributed by atoms with Gasteiger partial charge >= 0.3 is 6.36 Å². The molecule has 156 valence electrons. The number of alkyl halides is 3. The summed E-state index contributed by atoms with van der Waals surface area (Å²) in [6, 6.07) is 5.89. The molecule has 0 saturated carbocycles. The summed E-state index contributed by atoms with van der Waals surface area (Å²) >= 11 is 6.40. The quantitative estimate of drug-likeness (QED) is 0.499. The zero-order chi connectivity index (χ0) is 21.3. The van der Waals surface area contributed by atoms with E-state index in [2.05, 4.69) is 9.72 Å². The highest BCUT2D eigenvalue weighted by atomic mass is 35.5. The molecule has 29 heavy (non-hydrogen) atoms. The third-order valence-corrected chi connectivity index (χ3v) is 4.77. The Hall–Kier alpha value is -2.45. The highest BCUT2D eigenvalue weighted by Crippen LogP contribution is 2.38. The third kappa shape index (κ3) is 4.43. The Morgan fingerprint density at radius 3 is 2.55 bits per heavy atom. The van der Waals surface area contributed by atoms with Crippen LogP contribution >= 0.6 is 11.6 Å². The molecule has 0 N–H and O–H groups in total. The number of fused-ring (bicyclic) bond motifs is 1. The van der Waals surface area contributed by atoms with Crippen LogP contribution in [0.25, 0.3) is 22.3 Å². The van der Waals surface area contributed by atoms with Gasteiger partial charge in [-0.25, -0.2) is 4.98 Å². The highest BCUT2D eigenvalue weighted by molar-refractivity contribution is 6.35. The van der Waals surface area contributed by atoms with Gasteiger partial charge in [-0.3, -0.25) is 0 Å². The van der Waals surface area contributed by atoms with Crippen molar-refractivity contribution in [1.29, 1.82) is 0 Å². The Morgan fingerprint density at radius 1 is 1.21 bits per heavy atom. The molecule has 1 unspecified atom stereocenters. The minimum atomic E-state index is -4.78. The van der Waals surface area contributed by atoms with Crippen LogP contribution in [0.1, 0.15) is 18.5 Å². The number of hydrogen-bond donors (Lipinski definition) is 0. The number of halogens is 4. The van der Waals surface area contributed by atoms with Crippen LogP contribution in [0.15, 0.2) is 30.5 Å². The second-order valence-electron chi connectivity index (χ2n) is 6.62. The topological polar surface area (TPSA) is 45.5 Å². The summed E-state index contributed by atoms with van der Waals surface area (Å²) in [5.74, 6) is -0.153. The molecule has 2 heterocycles. The largest absolute Gasteiger partial charge is 0.573 e. The molecule has 0 aliphatic rings. The predicted octanol–water partition coefficient (Wildman–Crippen LogP) is 5.78. The molecule has 9 heteroatoms. The van der Waals surface area contributed by atoms with Crippen molar-refractivity contribution in [3.8, 4) is 22.8 Å². The lowest BCUT2D eigenvalue weighted by atomic mass is 10.0. The molecule has 3 rings (SSSR count). The van der Waals surface area contributed by atoms with E-state index in [1.165, 1.54) is 25.3 Å². The van der Waals surface area contributed by atoms with Crippen molar-refractivity contribution in [2.24, 2.45) is 0 Å². The van der Waals surface area contributed by atoms with Gasteiger partial charge < -0.3 is 18.8 Å². The lowest BCUT2D eigenvalue weighted by Crippen LogP contribution is -2.17. The molecular formula is C20H20ClF3N2O3. The molecule has 5 nitrogen and oxygen atoms in total. The average Bonchev–Trinajstić information content (AvgIpc) is 2.96. The van der Waals surface area contributed by atoms with Crippen LogP contribution in [-0.4, -0.2) is 36.7 Å². The number of pyridine rings is 1. The number of methoxy groups -OCH3 is 2. The lowest BCUT2D eigenvalue weighted by molar-refractivity contribution is -0.274. The molecule has 0 bridgehead atoms. The number of ether oxygens (including phenoxy) is 3. The van der Waals surface area contributed by atoms with E-state index in [4.69, 9.17) is 21.1 Å². The Labute approximate surface area is 171 Å². The van der Waals surface area contributed by atoms with E-state index in [1.54, 1.807) is 13.3 Å². The molecule has 0 aliphatic carbocycles. The van der Waals surface area contributed by atoms with E-state index >= 15 is 0 Å². The van der Waals surface area contributed by atoms with Crippen molar-refractivity contribution in [2.75, 3.05) is 20.8 Å². The molecule has 0 saturated heterocycles. The van der Waals surface area contributed by atoms with Gasteiger partial charge in [0.2, 0.25) is 0 Å². The molecule has 3 aromatic rings. The Bertz CT molecular complexity index is 1030. The van der Waals surface area contributed by atoms with Crippen molar-refractivity contribution < 1.29 is 27.4 Å². The minimum Gasteiger partial charge on any atom is -0.496 e. The van der Waals surface area contributed by atoms with E-state index in [-0.39, 0.29) is 17.5 Å². The highest BCUT2D eigenvalue weighted by Gasteiger charge is 2.31. The maximum atomic E-state index is 12.5. The number of nitrogens with zero attached hydrogens (tertiary/aromatic N) is 2. The van der Waals surface area contributed by atoms with Crippen molar-refractivity contribution >= 4 is 22.6 Å². The molecule has 0 fully saturated rings. The van der Waals surface area contributed by atoms with Crippen LogP contribution in [0, 0.1) is 6.92 Å². The standard InChI is InChI=1S/C20H20ClF3N2O3/c1-11-7-16-19(15(21)9-26(16)12(2)10-27-3)25-18(11)14-6-5-13(8-17(14)28-4)29-20(22,23)24/h5-9,12H,10H2,1-4H3. The third-order valence-electron chi connectivity index (χ3n) is 4.49. The molecule has 0 aliphatic heterocycles. The van der Waals surface area contributed by atoms with Gasteiger partial charge in [0.25, 0.3) is 0 Å². The van der Waals surface area contributed by atoms with Crippen molar-refractivity contribution in [2.45, 2.75) is 26.3 Å². The fraction of sp³-hybridized carbons (Fsp3) is 0.350. The van der Waals surface area contributed by atoms with Crippen LogP contribution in [0.3, 0.4) is 0 Å². The SMILES string of the molecule is COCC(C)n1cc(Cl)c2nc(-c3ccc(OC(F)(F)F)cc3OC)c(C)cc21. The van der Waals surface area contributed by atoms with Gasteiger partial charge in [-0.05, 0) is 37.6 Å². The summed E-state index contributed by atoms with van der Waals surface area (Å²) in [7, 11) is 3.00. The van der Waals surface area contributed by atoms with Gasteiger partial charge in [-0.1, -0.05) is 11.6 Å². The van der Waals surface area contributed by atoms with Crippen molar-refractivity contribution in [1.82, 2.24) is 9.55 Å². The fourth-order valence-corrected chi connectivity index (χ4v) is 3.49. The number of rotatable bonds is 6. The van der Waals surface area contributed by atoms with E-state index < -0.39 is 6.36 Å². The second-order valence-corrected chi connectivity index (χ2v) is 7.03. The van der Waals surface area contributed by atoms with Gasteiger partial charge in [-0.15, -0.1) is 13.2 Å². The number of aryl methyl sites for hydroxylation is 1. The number of aromatic nitrogens is 2. The Kier molecular flexibility index (Phi) is 5.95. The van der Waals surface area contributed by atoms with E-state index in [1.807, 2.05) is 24.5 Å².